The van der Waals surface area contributed by atoms with Gasteiger partial charge in [-0.1, -0.05) is 56.3 Å². The second-order valence-corrected chi connectivity index (χ2v) is 7.67. The molecular weight excluding hydrogens is 350 g/mol. The molecule has 0 saturated carbocycles. The molecule has 0 aliphatic carbocycles. The first-order valence-corrected chi connectivity index (χ1v) is 10.0. The topological polar surface area (TPSA) is 53.4 Å². The number of urea groups is 1. The van der Waals surface area contributed by atoms with Crippen molar-refractivity contribution in [1.29, 1.82) is 0 Å². The van der Waals surface area contributed by atoms with E-state index in [1.165, 1.54) is 5.56 Å². The molecule has 0 bridgehead atoms. The van der Waals surface area contributed by atoms with Crippen molar-refractivity contribution in [2.45, 2.75) is 19.9 Å². The summed E-state index contributed by atoms with van der Waals surface area (Å²) >= 11 is 0. The number of carbonyl (C=O) groups excluding carboxylic acids is 1. The number of nitrogens with one attached hydrogen (secondary N) is 1. The van der Waals surface area contributed by atoms with Gasteiger partial charge in [0.05, 0.1) is 6.04 Å². The molecule has 1 N–H and O–H groups in total. The summed E-state index contributed by atoms with van der Waals surface area (Å²) in [5, 5.41) is 3.18. The zero-order valence-corrected chi connectivity index (χ0v) is 17.1. The van der Waals surface area contributed by atoms with E-state index in [-0.39, 0.29) is 18.0 Å². The number of amides is 2. The van der Waals surface area contributed by atoms with Crippen molar-refractivity contribution in [1.82, 2.24) is 24.7 Å². The van der Waals surface area contributed by atoms with E-state index in [1.807, 2.05) is 40.9 Å². The van der Waals surface area contributed by atoms with E-state index >= 15 is 0 Å². The fourth-order valence-corrected chi connectivity index (χ4v) is 3.47. The first-order valence-electron chi connectivity index (χ1n) is 10.0. The van der Waals surface area contributed by atoms with Crippen LogP contribution in [0.5, 0.6) is 0 Å². The third-order valence-electron chi connectivity index (χ3n) is 5.22. The van der Waals surface area contributed by atoms with Gasteiger partial charge in [0.15, 0.2) is 0 Å². The van der Waals surface area contributed by atoms with Crippen molar-refractivity contribution >= 4 is 12.1 Å². The number of imidazole rings is 1. The van der Waals surface area contributed by atoms with Gasteiger partial charge in [0.1, 0.15) is 5.82 Å². The highest BCUT2D eigenvalue weighted by atomic mass is 16.2. The number of benzene rings is 1. The van der Waals surface area contributed by atoms with Crippen LogP contribution in [-0.4, -0.2) is 58.1 Å². The highest BCUT2D eigenvalue weighted by molar-refractivity contribution is 5.74. The van der Waals surface area contributed by atoms with Gasteiger partial charge < -0.3 is 14.8 Å². The lowest BCUT2D eigenvalue weighted by Crippen LogP contribution is -2.52. The van der Waals surface area contributed by atoms with E-state index in [0.717, 1.165) is 38.5 Å². The van der Waals surface area contributed by atoms with E-state index in [0.29, 0.717) is 0 Å². The molecule has 1 fully saturated rings. The summed E-state index contributed by atoms with van der Waals surface area (Å²) in [4.78, 5) is 21.5. The Balaban J connectivity index is 1.48. The number of rotatable bonds is 6. The Morgan fingerprint density at radius 2 is 1.89 bits per heavy atom. The fourth-order valence-electron chi connectivity index (χ4n) is 3.47. The molecule has 6 nitrogen and oxygen atoms in total. The minimum Gasteiger partial charge on any atom is -0.336 e. The molecule has 2 amide bonds. The lowest BCUT2D eigenvalue weighted by Gasteiger charge is -2.35. The Bertz CT molecular complexity index is 775. The quantitative estimate of drug-likeness (QED) is 0.836. The molecule has 2 aromatic rings. The average molecular weight is 382 g/mol. The first-order chi connectivity index (χ1) is 13.5. The van der Waals surface area contributed by atoms with Gasteiger partial charge in [-0.25, -0.2) is 9.78 Å². The number of aryl methyl sites for hydroxylation is 1. The van der Waals surface area contributed by atoms with Gasteiger partial charge in [0.2, 0.25) is 0 Å². The van der Waals surface area contributed by atoms with Gasteiger partial charge in [-0.05, 0) is 11.5 Å². The number of aromatic nitrogens is 2. The zero-order chi connectivity index (χ0) is 19.9. The van der Waals surface area contributed by atoms with Crippen LogP contribution in [0.15, 0.2) is 48.8 Å². The first kappa shape index (κ1) is 20.1. The summed E-state index contributed by atoms with van der Waals surface area (Å²) in [7, 11) is 1.96. The van der Waals surface area contributed by atoms with Crippen LogP contribution in [-0.2, 0) is 7.05 Å². The van der Waals surface area contributed by atoms with Crippen LogP contribution < -0.4 is 5.32 Å². The predicted molar refractivity (Wildman–Crippen MR) is 113 cm³/mol. The van der Waals surface area contributed by atoms with Gasteiger partial charge in [-0.15, -0.1) is 0 Å². The maximum atomic E-state index is 12.8. The smallest absolute Gasteiger partial charge is 0.318 e. The monoisotopic (exact) mass is 381 g/mol. The van der Waals surface area contributed by atoms with Gasteiger partial charge in [-0.3, -0.25) is 4.90 Å². The maximum Gasteiger partial charge on any atom is 0.318 e. The van der Waals surface area contributed by atoms with Crippen molar-refractivity contribution in [3.8, 4) is 0 Å². The number of nitrogens with zero attached hydrogens (tertiary/aromatic N) is 4. The Hall–Kier alpha value is -2.60. The number of piperazine rings is 1. The molecule has 0 spiro atoms. The van der Waals surface area contributed by atoms with Crippen LogP contribution in [0.2, 0.25) is 0 Å². The number of hydrogen-bond donors (Lipinski definition) is 1. The number of hydrogen-bond acceptors (Lipinski definition) is 3. The van der Waals surface area contributed by atoms with Gasteiger partial charge >= 0.3 is 6.03 Å². The molecule has 1 saturated heterocycles. The second-order valence-electron chi connectivity index (χ2n) is 7.67. The van der Waals surface area contributed by atoms with E-state index in [9.17, 15) is 4.79 Å². The third kappa shape index (κ3) is 5.23. The zero-order valence-electron chi connectivity index (χ0n) is 17.1. The number of carbonyl (C=O) groups is 1. The molecule has 1 atom stereocenters. The minimum atomic E-state index is -0.0839. The van der Waals surface area contributed by atoms with Crippen LogP contribution >= 0.6 is 0 Å². The largest absolute Gasteiger partial charge is 0.336 e. The predicted octanol–water partition coefficient (Wildman–Crippen LogP) is 3.16. The molecule has 0 radical (unpaired) electrons. The SMILES string of the molecule is CC(C)[C@H](NC(=O)N1CCN(C/C=C/c2ccccc2)CC1)c1nccn1C. The lowest BCUT2D eigenvalue weighted by atomic mass is 10.0. The summed E-state index contributed by atoms with van der Waals surface area (Å²) in [5.41, 5.74) is 1.22. The normalized spacial score (nSPS) is 16.6. The average Bonchev–Trinajstić information content (AvgIpc) is 3.12. The summed E-state index contributed by atoms with van der Waals surface area (Å²) in [6, 6.07) is 10.2. The van der Waals surface area contributed by atoms with Crippen molar-refractivity contribution < 1.29 is 4.79 Å². The summed E-state index contributed by atoms with van der Waals surface area (Å²) in [6.07, 6.45) is 8.04. The van der Waals surface area contributed by atoms with Crippen LogP contribution in [0.1, 0.15) is 31.3 Å². The molecule has 28 heavy (non-hydrogen) atoms. The minimum absolute atomic E-state index is 0.00109. The molecule has 1 aliphatic rings. The molecule has 3 rings (SSSR count). The van der Waals surface area contributed by atoms with E-state index in [1.54, 1.807) is 6.20 Å². The Morgan fingerprint density at radius 3 is 2.50 bits per heavy atom. The van der Waals surface area contributed by atoms with Crippen molar-refractivity contribution in [2.75, 3.05) is 32.7 Å². The van der Waals surface area contributed by atoms with Crippen molar-refractivity contribution in [2.24, 2.45) is 13.0 Å². The summed E-state index contributed by atoms with van der Waals surface area (Å²) in [6.45, 7) is 8.40. The maximum absolute atomic E-state index is 12.8. The fraction of sp³-hybridized carbons (Fsp3) is 0.455. The Morgan fingerprint density at radius 1 is 1.18 bits per heavy atom. The van der Waals surface area contributed by atoms with E-state index in [4.69, 9.17) is 0 Å². The van der Waals surface area contributed by atoms with Crippen LogP contribution in [0, 0.1) is 5.92 Å². The highest BCUT2D eigenvalue weighted by Gasteiger charge is 2.26. The second kappa shape index (κ2) is 9.55. The van der Waals surface area contributed by atoms with Crippen LogP contribution in [0.4, 0.5) is 4.79 Å². The Kier molecular flexibility index (Phi) is 6.87. The van der Waals surface area contributed by atoms with Gasteiger partial charge in [-0.2, -0.15) is 0 Å². The summed E-state index contributed by atoms with van der Waals surface area (Å²) in [5.74, 6) is 1.17. The lowest BCUT2D eigenvalue weighted by molar-refractivity contribution is 0.142. The molecule has 2 heterocycles. The molecule has 150 valence electrons. The molecule has 1 aromatic heterocycles. The van der Waals surface area contributed by atoms with Crippen molar-refractivity contribution in [3.05, 3.63) is 60.2 Å². The summed E-state index contributed by atoms with van der Waals surface area (Å²) < 4.78 is 1.97. The van der Waals surface area contributed by atoms with Crippen LogP contribution in [0.3, 0.4) is 0 Å². The van der Waals surface area contributed by atoms with E-state index < -0.39 is 0 Å². The molecular formula is C22H31N5O. The van der Waals surface area contributed by atoms with Crippen molar-refractivity contribution in [3.63, 3.8) is 0 Å². The third-order valence-corrected chi connectivity index (χ3v) is 5.22. The molecule has 1 aliphatic heterocycles. The Labute approximate surface area is 167 Å². The van der Waals surface area contributed by atoms with Crippen LogP contribution in [0.25, 0.3) is 6.08 Å². The standard InChI is InChI=1S/C22H31N5O/c1-18(2)20(21-23-11-13-25(21)3)24-22(28)27-16-14-26(15-17-27)12-7-10-19-8-5-4-6-9-19/h4-11,13,18,20H,12,14-17H2,1-3H3,(H,24,28)/b10-7+/t20-/m0/s1. The molecule has 6 heteroatoms. The molecule has 0 unspecified atom stereocenters. The van der Waals surface area contributed by atoms with E-state index in [2.05, 4.69) is 53.3 Å². The molecule has 1 aromatic carbocycles. The highest BCUT2D eigenvalue weighted by Crippen LogP contribution is 2.20. The van der Waals surface area contributed by atoms with Gasteiger partial charge in [0, 0.05) is 52.2 Å². The van der Waals surface area contributed by atoms with Gasteiger partial charge in [0.25, 0.3) is 0 Å².